The molecule has 0 N–H and O–H groups in total. The van der Waals surface area contributed by atoms with Gasteiger partial charge in [-0.15, -0.1) is 11.8 Å². The largest absolute Gasteiger partial charge is 0.469 e. The molecule has 5 rings (SSSR count). The molecule has 0 bridgehead atoms. The van der Waals surface area contributed by atoms with Crippen LogP contribution in [0, 0.1) is 50.2 Å². The van der Waals surface area contributed by atoms with Crippen molar-refractivity contribution in [3.8, 4) is 0 Å². The predicted octanol–water partition coefficient (Wildman–Crippen LogP) is 8.74. The predicted molar refractivity (Wildman–Crippen MR) is 167 cm³/mol. The molecule has 228 valence electrons. The van der Waals surface area contributed by atoms with Crippen LogP contribution in [-0.2, 0) is 19.1 Å². The Hall–Kier alpha value is -1.36. The lowest BCUT2D eigenvalue weighted by molar-refractivity contribution is -0.192. The number of ether oxygens (including phenoxy) is 1. The molecule has 0 heterocycles. The highest BCUT2D eigenvalue weighted by Gasteiger charge is 2.71. The van der Waals surface area contributed by atoms with E-state index in [0.717, 1.165) is 75.5 Å². The van der Waals surface area contributed by atoms with E-state index in [0.29, 0.717) is 5.78 Å². The lowest BCUT2D eigenvalue weighted by Crippen LogP contribution is -2.66. The summed E-state index contributed by atoms with van der Waals surface area (Å²) in [5, 5.41) is 2.15. The first kappa shape index (κ1) is 31.1. The second kappa shape index (κ2) is 10.1. The summed E-state index contributed by atoms with van der Waals surface area (Å²) < 4.78 is 5.47. The van der Waals surface area contributed by atoms with E-state index in [2.05, 4.69) is 60.8 Å². The fourth-order valence-corrected chi connectivity index (χ4v) is 11.9. The van der Waals surface area contributed by atoms with Crippen LogP contribution < -0.4 is 0 Å². The van der Waals surface area contributed by atoms with Crippen LogP contribution in [0.1, 0.15) is 120 Å². The molecule has 0 saturated heterocycles. The van der Waals surface area contributed by atoms with Crippen molar-refractivity contribution in [1.82, 2.24) is 0 Å². The van der Waals surface area contributed by atoms with Crippen LogP contribution in [0.2, 0.25) is 0 Å². The molecule has 5 heteroatoms. The van der Waals surface area contributed by atoms with Gasteiger partial charge in [0.15, 0.2) is 11.6 Å². The van der Waals surface area contributed by atoms with Gasteiger partial charge >= 0.3 is 5.97 Å². The van der Waals surface area contributed by atoms with Gasteiger partial charge in [0.25, 0.3) is 0 Å². The molecule has 4 fully saturated rings. The van der Waals surface area contributed by atoms with Gasteiger partial charge in [-0.25, -0.2) is 0 Å². The van der Waals surface area contributed by atoms with Gasteiger partial charge < -0.3 is 4.74 Å². The first-order valence-electron chi connectivity index (χ1n) is 16.2. The summed E-state index contributed by atoms with van der Waals surface area (Å²) in [5.41, 5.74) is 0.676. The Labute approximate surface area is 253 Å². The summed E-state index contributed by atoms with van der Waals surface area (Å²) >= 11 is 1.78. The lowest BCUT2D eigenvalue weighted by atomic mass is 9.33. The number of unbranched alkanes of at least 4 members (excludes halogenated alkanes) is 1. The van der Waals surface area contributed by atoms with Gasteiger partial charge in [0.1, 0.15) is 0 Å². The zero-order chi connectivity index (χ0) is 30.2. The Kier molecular flexibility index (Phi) is 7.65. The van der Waals surface area contributed by atoms with Crippen molar-refractivity contribution in [2.75, 3.05) is 12.9 Å². The number of methoxy groups -OCH3 is 1. The average Bonchev–Trinajstić information content (AvgIpc) is 2.90. The minimum absolute atomic E-state index is 0.0000911. The second-order valence-electron chi connectivity index (χ2n) is 16.4. The van der Waals surface area contributed by atoms with Crippen LogP contribution in [-0.4, -0.2) is 30.4 Å². The number of allylic oxidation sites excluding steroid dienone is 3. The van der Waals surface area contributed by atoms with E-state index in [-0.39, 0.29) is 51.2 Å². The highest BCUT2D eigenvalue weighted by Crippen LogP contribution is 2.75. The SMILES string of the molecule is CCCCS/C=C1\C[C@]2(C)C3=CC(=O)[C@@H]4[C@@H]5CC(C)(C)CC[C@]5(C(=O)OC)CC[C@@]4(C)[C@]3(C)CC[C@H]2C(C)(C)C1=O. The quantitative estimate of drug-likeness (QED) is 0.184. The van der Waals surface area contributed by atoms with Crippen molar-refractivity contribution in [1.29, 1.82) is 0 Å². The van der Waals surface area contributed by atoms with E-state index in [1.807, 2.05) is 6.08 Å². The Morgan fingerprint density at radius 2 is 1.71 bits per heavy atom. The van der Waals surface area contributed by atoms with Gasteiger partial charge in [0, 0.05) is 16.9 Å². The summed E-state index contributed by atoms with van der Waals surface area (Å²) in [6.07, 6.45) is 11.4. The third-order valence-electron chi connectivity index (χ3n) is 13.4. The third-order valence-corrected chi connectivity index (χ3v) is 14.4. The number of thioether (sulfide) groups is 1. The van der Waals surface area contributed by atoms with Gasteiger partial charge in [0.2, 0.25) is 0 Å². The standard InChI is InChI=1S/C36H54O4S/c1-10-11-18-41-22-23-20-33(6)26(32(4,5)29(23)38)12-13-34(7)27(33)19-25(37)28-24-21-31(2,3)14-16-36(24,30(39)40-9)17-15-35(28,34)8/h19,22,24,26,28H,10-18,20-21H2,1-9H3/b23-22+/t24-,26-,28-,33-,34+,35+,36-/m0/s1. The van der Waals surface area contributed by atoms with Gasteiger partial charge in [-0.3, -0.25) is 14.4 Å². The first-order valence-corrected chi connectivity index (χ1v) is 17.3. The van der Waals surface area contributed by atoms with Crippen molar-refractivity contribution in [3.05, 3.63) is 22.6 Å². The number of ketones is 2. The lowest BCUT2D eigenvalue weighted by Gasteiger charge is -2.69. The highest BCUT2D eigenvalue weighted by atomic mass is 32.2. The molecule has 7 atom stereocenters. The molecule has 0 aromatic carbocycles. The van der Waals surface area contributed by atoms with E-state index in [9.17, 15) is 14.4 Å². The van der Waals surface area contributed by atoms with E-state index in [4.69, 9.17) is 4.74 Å². The van der Waals surface area contributed by atoms with Gasteiger partial charge in [-0.1, -0.05) is 67.4 Å². The number of esters is 1. The second-order valence-corrected chi connectivity index (χ2v) is 17.4. The molecule has 0 unspecified atom stereocenters. The van der Waals surface area contributed by atoms with E-state index >= 15 is 0 Å². The summed E-state index contributed by atoms with van der Waals surface area (Å²) in [6.45, 7) is 18.3. The molecule has 4 nitrogen and oxygen atoms in total. The summed E-state index contributed by atoms with van der Waals surface area (Å²) in [5.74, 6) is 1.47. The van der Waals surface area contributed by atoms with Gasteiger partial charge in [-0.2, -0.15) is 0 Å². The van der Waals surface area contributed by atoms with Crippen molar-refractivity contribution in [2.24, 2.45) is 50.2 Å². The number of Topliss-reactive ketones (excluding diaryl/α,β-unsaturated/α-hetero) is 1. The molecular weight excluding hydrogens is 528 g/mol. The minimum Gasteiger partial charge on any atom is -0.469 e. The molecule has 0 spiro atoms. The molecule has 0 amide bonds. The van der Waals surface area contributed by atoms with Crippen LogP contribution in [0.5, 0.6) is 0 Å². The van der Waals surface area contributed by atoms with Gasteiger partial charge in [-0.05, 0) is 109 Å². The summed E-state index contributed by atoms with van der Waals surface area (Å²) in [4.78, 5) is 41.9. The number of carbonyl (C=O) groups is 3. The maximum absolute atomic E-state index is 14.6. The number of hydrogen-bond donors (Lipinski definition) is 0. The zero-order valence-electron chi connectivity index (χ0n) is 27.2. The van der Waals surface area contributed by atoms with E-state index < -0.39 is 10.8 Å². The zero-order valence-corrected chi connectivity index (χ0v) is 28.0. The third kappa shape index (κ3) is 4.32. The Balaban J connectivity index is 1.61. The maximum Gasteiger partial charge on any atom is 0.312 e. The fourth-order valence-electron chi connectivity index (χ4n) is 10.9. The molecule has 5 aliphatic rings. The number of rotatable bonds is 5. The van der Waals surface area contributed by atoms with Crippen molar-refractivity contribution in [2.45, 2.75) is 120 Å². The maximum atomic E-state index is 14.6. The Bertz CT molecular complexity index is 1190. The number of fused-ring (bicyclic) bond motifs is 7. The molecule has 0 aromatic rings. The Morgan fingerprint density at radius 1 is 1.02 bits per heavy atom. The summed E-state index contributed by atoms with van der Waals surface area (Å²) in [7, 11) is 1.52. The average molecular weight is 583 g/mol. The number of hydrogen-bond acceptors (Lipinski definition) is 5. The fraction of sp³-hybridized carbons (Fsp3) is 0.806. The van der Waals surface area contributed by atoms with Crippen LogP contribution in [0.15, 0.2) is 22.6 Å². The first-order chi connectivity index (χ1) is 19.0. The van der Waals surface area contributed by atoms with Crippen molar-refractivity contribution in [3.63, 3.8) is 0 Å². The number of carbonyl (C=O) groups excluding carboxylic acids is 3. The van der Waals surface area contributed by atoms with E-state index in [1.165, 1.54) is 12.7 Å². The van der Waals surface area contributed by atoms with Gasteiger partial charge in [0.05, 0.1) is 12.5 Å². The molecule has 4 saturated carbocycles. The highest BCUT2D eigenvalue weighted by molar-refractivity contribution is 8.02. The topological polar surface area (TPSA) is 60.4 Å². The molecule has 0 aromatic heterocycles. The normalized spacial score (nSPS) is 43.8. The molecule has 0 aliphatic heterocycles. The van der Waals surface area contributed by atoms with Crippen LogP contribution in [0.4, 0.5) is 0 Å². The smallest absolute Gasteiger partial charge is 0.312 e. The van der Waals surface area contributed by atoms with Crippen LogP contribution in [0.25, 0.3) is 0 Å². The molecular formula is C36H54O4S. The monoisotopic (exact) mass is 582 g/mol. The summed E-state index contributed by atoms with van der Waals surface area (Å²) in [6, 6.07) is 0. The van der Waals surface area contributed by atoms with Crippen molar-refractivity contribution < 1.29 is 19.1 Å². The van der Waals surface area contributed by atoms with E-state index in [1.54, 1.807) is 11.8 Å². The minimum atomic E-state index is -0.558. The van der Waals surface area contributed by atoms with Crippen LogP contribution >= 0.6 is 11.8 Å². The Morgan fingerprint density at radius 3 is 2.37 bits per heavy atom. The molecule has 0 radical (unpaired) electrons. The van der Waals surface area contributed by atoms with Crippen LogP contribution in [0.3, 0.4) is 0 Å². The molecule has 41 heavy (non-hydrogen) atoms. The molecule has 5 aliphatic carbocycles. The van der Waals surface area contributed by atoms with Crippen molar-refractivity contribution >= 4 is 29.3 Å².